The topological polar surface area (TPSA) is 98.9 Å². The van der Waals surface area contributed by atoms with Crippen molar-refractivity contribution in [3.05, 3.63) is 64.2 Å². The molecule has 0 bridgehead atoms. The molecule has 1 fully saturated rings. The van der Waals surface area contributed by atoms with Crippen LogP contribution in [-0.2, 0) is 9.63 Å². The van der Waals surface area contributed by atoms with Gasteiger partial charge in [0, 0.05) is 24.5 Å². The zero-order valence-corrected chi connectivity index (χ0v) is 16.2. The van der Waals surface area contributed by atoms with Crippen LogP contribution in [0.25, 0.3) is 11.1 Å². The fraction of sp³-hybridized carbons (Fsp3) is 0.318. The lowest BCUT2D eigenvalue weighted by molar-refractivity contribution is -0.384. The van der Waals surface area contributed by atoms with Gasteiger partial charge in [0.1, 0.15) is 5.71 Å². The number of oxime groups is 1. The predicted molar refractivity (Wildman–Crippen MR) is 109 cm³/mol. The summed E-state index contributed by atoms with van der Waals surface area (Å²) in [4.78, 5) is 39.8. The fourth-order valence-electron chi connectivity index (χ4n) is 3.62. The molecule has 0 amide bonds. The van der Waals surface area contributed by atoms with Gasteiger partial charge in [0.2, 0.25) is 5.78 Å². The molecule has 150 valence electrons. The first-order chi connectivity index (χ1) is 14.0. The summed E-state index contributed by atoms with van der Waals surface area (Å²) in [5.41, 5.74) is 1.80. The van der Waals surface area contributed by atoms with Gasteiger partial charge in [-0.3, -0.25) is 14.9 Å². The maximum atomic E-state index is 13.0. The van der Waals surface area contributed by atoms with Crippen molar-refractivity contribution in [3.8, 4) is 11.1 Å². The number of ketones is 1. The zero-order chi connectivity index (χ0) is 20.8. The van der Waals surface area contributed by atoms with E-state index in [4.69, 9.17) is 4.84 Å². The average Bonchev–Trinajstić information content (AvgIpc) is 2.74. The van der Waals surface area contributed by atoms with E-state index in [0.717, 1.165) is 32.1 Å². The number of nitro benzene ring substituents is 1. The van der Waals surface area contributed by atoms with Crippen molar-refractivity contribution in [2.24, 2.45) is 11.1 Å². The van der Waals surface area contributed by atoms with Crippen LogP contribution in [0.5, 0.6) is 0 Å². The lowest BCUT2D eigenvalue weighted by atomic mass is 9.83. The molecule has 7 heteroatoms. The second-order valence-corrected chi connectivity index (χ2v) is 7.08. The quantitative estimate of drug-likeness (QED) is 0.227. The highest BCUT2D eigenvalue weighted by molar-refractivity contribution is 6.46. The van der Waals surface area contributed by atoms with Crippen molar-refractivity contribution in [2.45, 2.75) is 39.0 Å². The largest absolute Gasteiger partial charge is 0.331 e. The molecule has 0 unspecified atom stereocenters. The van der Waals surface area contributed by atoms with Gasteiger partial charge in [0.05, 0.1) is 10.5 Å². The van der Waals surface area contributed by atoms with Crippen molar-refractivity contribution in [1.82, 2.24) is 0 Å². The number of carbonyl (C=O) groups is 2. The van der Waals surface area contributed by atoms with Gasteiger partial charge in [-0.15, -0.1) is 0 Å². The molecule has 0 N–H and O–H groups in total. The van der Waals surface area contributed by atoms with E-state index in [0.29, 0.717) is 16.7 Å². The summed E-state index contributed by atoms with van der Waals surface area (Å²) in [6, 6.07) is 13.1. The number of Topliss-reactive ketones (excluding diaryl/α,β-unsaturated/α-hetero) is 1. The molecule has 0 atom stereocenters. The van der Waals surface area contributed by atoms with Crippen LogP contribution in [-0.4, -0.2) is 22.4 Å². The van der Waals surface area contributed by atoms with E-state index >= 15 is 0 Å². The Hall–Kier alpha value is -3.35. The summed E-state index contributed by atoms with van der Waals surface area (Å²) in [7, 11) is 0. The van der Waals surface area contributed by atoms with Gasteiger partial charge in [0.25, 0.3) is 5.69 Å². The van der Waals surface area contributed by atoms with Gasteiger partial charge in [0.15, 0.2) is 0 Å². The normalized spacial score (nSPS) is 15.0. The van der Waals surface area contributed by atoms with Crippen LogP contribution >= 0.6 is 0 Å². The van der Waals surface area contributed by atoms with Crippen LogP contribution in [0, 0.1) is 16.0 Å². The Bertz CT molecular complexity index is 944. The van der Waals surface area contributed by atoms with E-state index in [9.17, 15) is 19.7 Å². The molecule has 1 aliphatic rings. The van der Waals surface area contributed by atoms with Gasteiger partial charge in [-0.05, 0) is 24.5 Å². The highest BCUT2D eigenvalue weighted by atomic mass is 16.7. The lowest BCUT2D eigenvalue weighted by Crippen LogP contribution is -2.27. The molecule has 0 heterocycles. The Labute approximate surface area is 168 Å². The highest BCUT2D eigenvalue weighted by Gasteiger charge is 2.27. The minimum atomic E-state index is -0.571. The van der Waals surface area contributed by atoms with Crippen LogP contribution < -0.4 is 0 Å². The minimum Gasteiger partial charge on any atom is -0.318 e. The van der Waals surface area contributed by atoms with Crippen LogP contribution in [0.1, 0.15) is 49.4 Å². The second-order valence-electron chi connectivity index (χ2n) is 7.08. The van der Waals surface area contributed by atoms with Crippen LogP contribution in [0.15, 0.2) is 53.7 Å². The number of rotatable bonds is 6. The van der Waals surface area contributed by atoms with Crippen molar-refractivity contribution in [2.75, 3.05) is 0 Å². The first-order valence-electron chi connectivity index (χ1n) is 9.61. The fourth-order valence-corrected chi connectivity index (χ4v) is 3.62. The number of nitro groups is 1. The molecule has 0 aromatic heterocycles. The predicted octanol–water partition coefficient (Wildman–Crippen LogP) is 4.94. The van der Waals surface area contributed by atoms with E-state index in [1.807, 2.05) is 0 Å². The molecule has 7 nitrogen and oxygen atoms in total. The maximum Gasteiger partial charge on any atom is 0.331 e. The molecule has 0 aliphatic heterocycles. The first kappa shape index (κ1) is 20.4. The number of carbonyl (C=O) groups excluding carboxylic acids is 2. The summed E-state index contributed by atoms with van der Waals surface area (Å²) >= 11 is 0. The number of hydrogen-bond donors (Lipinski definition) is 0. The van der Waals surface area contributed by atoms with Gasteiger partial charge in [-0.25, -0.2) is 4.79 Å². The van der Waals surface area contributed by atoms with Crippen molar-refractivity contribution in [3.63, 3.8) is 0 Å². The standard InChI is InChI=1S/C22H22N2O5/c1-15(25)29-23-21(17-7-3-2-4-8-17)22(26)18-13-11-16(12-14-18)19-9-5-6-10-20(19)24(27)28/h5-6,9-14,17H,2-4,7-8H2,1H3/b23-21-. The third-order valence-corrected chi connectivity index (χ3v) is 5.06. The van der Waals surface area contributed by atoms with E-state index in [1.54, 1.807) is 42.5 Å². The van der Waals surface area contributed by atoms with Gasteiger partial charge < -0.3 is 4.84 Å². The summed E-state index contributed by atoms with van der Waals surface area (Å²) in [5.74, 6) is -0.893. The molecule has 2 aromatic carbocycles. The molecule has 1 aliphatic carbocycles. The Morgan fingerprint density at radius 1 is 1.03 bits per heavy atom. The molecule has 3 rings (SSSR count). The van der Waals surface area contributed by atoms with E-state index in [-0.39, 0.29) is 23.1 Å². The van der Waals surface area contributed by atoms with Crippen LogP contribution in [0.3, 0.4) is 0 Å². The monoisotopic (exact) mass is 394 g/mol. The number of nitrogens with zero attached hydrogens (tertiary/aromatic N) is 2. The molecule has 1 saturated carbocycles. The molecular formula is C22H22N2O5. The van der Waals surface area contributed by atoms with E-state index < -0.39 is 10.9 Å². The molecule has 0 radical (unpaired) electrons. The third-order valence-electron chi connectivity index (χ3n) is 5.06. The minimum absolute atomic E-state index is 0.00546. The number of benzene rings is 2. The van der Waals surface area contributed by atoms with Crippen molar-refractivity contribution in [1.29, 1.82) is 0 Å². The van der Waals surface area contributed by atoms with E-state index in [1.165, 1.54) is 13.0 Å². The first-order valence-corrected chi connectivity index (χ1v) is 9.61. The van der Waals surface area contributed by atoms with Crippen molar-refractivity contribution >= 4 is 23.2 Å². The molecule has 0 spiro atoms. The lowest BCUT2D eigenvalue weighted by Gasteiger charge is -2.22. The molecular weight excluding hydrogens is 372 g/mol. The molecule has 2 aromatic rings. The maximum absolute atomic E-state index is 13.0. The van der Waals surface area contributed by atoms with Gasteiger partial charge >= 0.3 is 5.97 Å². The third kappa shape index (κ3) is 4.93. The van der Waals surface area contributed by atoms with Gasteiger partial charge in [-0.2, -0.15) is 0 Å². The molecule has 29 heavy (non-hydrogen) atoms. The average molecular weight is 394 g/mol. The molecule has 0 saturated heterocycles. The number of hydrogen-bond acceptors (Lipinski definition) is 6. The summed E-state index contributed by atoms with van der Waals surface area (Å²) < 4.78 is 0. The van der Waals surface area contributed by atoms with Crippen LogP contribution in [0.2, 0.25) is 0 Å². The van der Waals surface area contributed by atoms with Crippen molar-refractivity contribution < 1.29 is 19.3 Å². The second kappa shape index (κ2) is 9.23. The van der Waals surface area contributed by atoms with Crippen LogP contribution in [0.4, 0.5) is 5.69 Å². The zero-order valence-electron chi connectivity index (χ0n) is 16.2. The van der Waals surface area contributed by atoms with E-state index in [2.05, 4.69) is 5.16 Å². The van der Waals surface area contributed by atoms with Gasteiger partial charge in [-0.1, -0.05) is 60.8 Å². The SMILES string of the molecule is CC(=O)O/N=C(\C(=O)c1ccc(-c2ccccc2[N+](=O)[O-])cc1)C1CCCCC1. The Morgan fingerprint density at radius 2 is 1.69 bits per heavy atom. The smallest absolute Gasteiger partial charge is 0.318 e. The Morgan fingerprint density at radius 3 is 2.31 bits per heavy atom. The number of para-hydroxylation sites is 1. The summed E-state index contributed by atoms with van der Waals surface area (Å²) in [6.07, 6.45) is 4.80. The summed E-state index contributed by atoms with van der Waals surface area (Å²) in [5, 5.41) is 15.1. The summed E-state index contributed by atoms with van der Waals surface area (Å²) in [6.45, 7) is 1.24. The Kier molecular flexibility index (Phi) is 6.49. The highest BCUT2D eigenvalue weighted by Crippen LogP contribution is 2.30. The Balaban J connectivity index is 1.89.